The molecule has 0 aliphatic rings. The largest absolute Gasteiger partial charge is 0.378 e. The van der Waals surface area contributed by atoms with Gasteiger partial charge in [0, 0.05) is 30.9 Å². The van der Waals surface area contributed by atoms with Crippen molar-refractivity contribution in [1.82, 2.24) is 10.7 Å². The van der Waals surface area contributed by atoms with Crippen molar-refractivity contribution in [2.45, 2.75) is 0 Å². The van der Waals surface area contributed by atoms with E-state index in [1.165, 1.54) is 6.21 Å². The predicted molar refractivity (Wildman–Crippen MR) is 135 cm³/mol. The highest BCUT2D eigenvalue weighted by Gasteiger charge is 2.14. The summed E-state index contributed by atoms with van der Waals surface area (Å²) in [5.74, 6) is -1.01. The van der Waals surface area contributed by atoms with Gasteiger partial charge in [0.05, 0.1) is 16.3 Å². The number of hydrogen-bond acceptors (Lipinski definition) is 4. The van der Waals surface area contributed by atoms with Crippen LogP contribution in [0.4, 0.5) is 5.69 Å². The number of nitrogens with one attached hydrogen (secondary N) is 2. The van der Waals surface area contributed by atoms with E-state index in [0.29, 0.717) is 21.2 Å². The van der Waals surface area contributed by atoms with E-state index in [-0.39, 0.29) is 5.70 Å². The average Bonchev–Trinajstić information content (AvgIpc) is 2.82. The Labute approximate surface area is 202 Å². The van der Waals surface area contributed by atoms with Crippen LogP contribution in [-0.4, -0.2) is 32.1 Å². The Morgan fingerprint density at radius 2 is 1.61 bits per heavy atom. The van der Waals surface area contributed by atoms with Crippen LogP contribution in [0.3, 0.4) is 0 Å². The molecule has 0 saturated carbocycles. The van der Waals surface area contributed by atoms with E-state index in [9.17, 15) is 9.59 Å². The monoisotopic (exact) mass is 480 g/mol. The average molecular weight is 481 g/mol. The maximum absolute atomic E-state index is 12.9. The van der Waals surface area contributed by atoms with E-state index in [1.54, 1.807) is 48.5 Å². The third-order valence-corrected chi connectivity index (χ3v) is 5.43. The number of benzene rings is 3. The van der Waals surface area contributed by atoms with Crippen LogP contribution in [0, 0.1) is 0 Å². The first-order valence-electron chi connectivity index (χ1n) is 9.98. The van der Waals surface area contributed by atoms with E-state index in [1.807, 2.05) is 49.3 Å². The summed E-state index contributed by atoms with van der Waals surface area (Å²) in [6.07, 6.45) is 2.96. The molecular formula is C25H22Cl2N4O2. The number of hydrogen-bond donors (Lipinski definition) is 2. The topological polar surface area (TPSA) is 73.8 Å². The SMILES string of the molecule is CN(C)c1ccc(C=C(NC(=O)c2ccccc2)C(=O)NN=Cc2cccc(Cl)c2Cl)cc1. The highest BCUT2D eigenvalue weighted by molar-refractivity contribution is 6.43. The lowest BCUT2D eigenvalue weighted by Crippen LogP contribution is -2.32. The van der Waals surface area contributed by atoms with Crippen molar-refractivity contribution < 1.29 is 9.59 Å². The standard InChI is InChI=1S/C25H22Cl2N4O2/c1-31(2)20-13-11-17(12-14-20)15-22(29-24(32)18-7-4-3-5-8-18)25(33)30-28-16-19-9-6-10-21(26)23(19)27/h3-16H,1-2H3,(H,29,32)(H,30,33). The molecule has 0 heterocycles. The van der Waals surface area contributed by atoms with Crippen molar-refractivity contribution in [2.24, 2.45) is 5.10 Å². The van der Waals surface area contributed by atoms with Gasteiger partial charge >= 0.3 is 0 Å². The number of carbonyl (C=O) groups is 2. The Kier molecular flexibility index (Phi) is 8.24. The lowest BCUT2D eigenvalue weighted by molar-refractivity contribution is -0.117. The lowest BCUT2D eigenvalue weighted by atomic mass is 10.1. The molecule has 0 atom stereocenters. The third kappa shape index (κ3) is 6.68. The van der Waals surface area contributed by atoms with Gasteiger partial charge in [0.1, 0.15) is 5.70 Å². The van der Waals surface area contributed by atoms with Crippen molar-refractivity contribution >= 4 is 53.0 Å². The molecule has 0 fully saturated rings. The first kappa shape index (κ1) is 24.0. The van der Waals surface area contributed by atoms with Gasteiger partial charge in [-0.3, -0.25) is 9.59 Å². The smallest absolute Gasteiger partial charge is 0.287 e. The van der Waals surface area contributed by atoms with Gasteiger partial charge in [0.15, 0.2) is 0 Å². The molecule has 3 aromatic rings. The Bertz CT molecular complexity index is 1190. The van der Waals surface area contributed by atoms with Gasteiger partial charge in [0.25, 0.3) is 11.8 Å². The van der Waals surface area contributed by atoms with Crippen LogP contribution in [0.25, 0.3) is 6.08 Å². The summed E-state index contributed by atoms with van der Waals surface area (Å²) in [5.41, 5.74) is 5.17. The molecule has 0 radical (unpaired) electrons. The molecule has 0 aliphatic carbocycles. The number of rotatable bonds is 7. The van der Waals surface area contributed by atoms with Crippen molar-refractivity contribution in [3.8, 4) is 0 Å². The first-order valence-corrected chi connectivity index (χ1v) is 10.7. The molecule has 2 amide bonds. The normalized spacial score (nSPS) is 11.3. The molecule has 6 nitrogen and oxygen atoms in total. The second-order valence-corrected chi connectivity index (χ2v) is 7.99. The minimum Gasteiger partial charge on any atom is -0.378 e. The second-order valence-electron chi connectivity index (χ2n) is 7.21. The zero-order valence-corrected chi connectivity index (χ0v) is 19.6. The Hall–Kier alpha value is -3.61. The van der Waals surface area contributed by atoms with E-state index in [4.69, 9.17) is 23.2 Å². The molecule has 0 saturated heterocycles. The van der Waals surface area contributed by atoms with Gasteiger partial charge in [-0.2, -0.15) is 5.10 Å². The molecule has 0 aromatic heterocycles. The van der Waals surface area contributed by atoms with Crippen molar-refractivity contribution in [2.75, 3.05) is 19.0 Å². The van der Waals surface area contributed by atoms with Gasteiger partial charge in [-0.25, -0.2) is 5.43 Å². The van der Waals surface area contributed by atoms with Crippen molar-refractivity contribution in [3.05, 3.63) is 105 Å². The Morgan fingerprint density at radius 3 is 2.27 bits per heavy atom. The molecule has 3 rings (SSSR count). The van der Waals surface area contributed by atoms with Crippen LogP contribution in [0.15, 0.2) is 83.6 Å². The van der Waals surface area contributed by atoms with Crippen LogP contribution in [0.2, 0.25) is 10.0 Å². The molecule has 3 aromatic carbocycles. The highest BCUT2D eigenvalue weighted by Crippen LogP contribution is 2.24. The summed E-state index contributed by atoms with van der Waals surface area (Å²) in [5, 5.41) is 7.33. The minimum absolute atomic E-state index is 0.0378. The van der Waals surface area contributed by atoms with E-state index >= 15 is 0 Å². The zero-order chi connectivity index (χ0) is 23.8. The van der Waals surface area contributed by atoms with E-state index in [0.717, 1.165) is 11.3 Å². The second kappa shape index (κ2) is 11.3. The van der Waals surface area contributed by atoms with Gasteiger partial charge in [-0.05, 0) is 42.0 Å². The third-order valence-electron chi connectivity index (χ3n) is 4.60. The lowest BCUT2D eigenvalue weighted by Gasteiger charge is -2.12. The quantitative estimate of drug-likeness (QED) is 0.284. The molecular weight excluding hydrogens is 459 g/mol. The number of carbonyl (C=O) groups excluding carboxylic acids is 2. The van der Waals surface area contributed by atoms with E-state index in [2.05, 4.69) is 15.8 Å². The summed E-state index contributed by atoms with van der Waals surface area (Å²) in [7, 11) is 3.88. The van der Waals surface area contributed by atoms with Gasteiger partial charge < -0.3 is 10.2 Å². The predicted octanol–water partition coefficient (Wildman–Crippen LogP) is 4.98. The summed E-state index contributed by atoms with van der Waals surface area (Å²) >= 11 is 12.1. The van der Waals surface area contributed by atoms with Crippen LogP contribution < -0.4 is 15.6 Å². The van der Waals surface area contributed by atoms with Crippen molar-refractivity contribution in [1.29, 1.82) is 0 Å². The molecule has 8 heteroatoms. The zero-order valence-electron chi connectivity index (χ0n) is 18.0. The van der Waals surface area contributed by atoms with Gasteiger partial charge in [-0.15, -0.1) is 0 Å². The molecule has 0 unspecified atom stereocenters. The molecule has 168 valence electrons. The fraction of sp³-hybridized carbons (Fsp3) is 0.0800. The molecule has 0 spiro atoms. The molecule has 33 heavy (non-hydrogen) atoms. The van der Waals surface area contributed by atoms with Crippen LogP contribution in [-0.2, 0) is 4.79 Å². The first-order chi connectivity index (χ1) is 15.8. The summed E-state index contributed by atoms with van der Waals surface area (Å²) in [4.78, 5) is 27.5. The number of anilines is 1. The number of hydrazone groups is 1. The fourth-order valence-electron chi connectivity index (χ4n) is 2.82. The highest BCUT2D eigenvalue weighted by atomic mass is 35.5. The molecule has 0 bridgehead atoms. The molecule has 2 N–H and O–H groups in total. The maximum Gasteiger partial charge on any atom is 0.287 e. The number of amides is 2. The summed E-state index contributed by atoms with van der Waals surface area (Å²) in [6, 6.07) is 21.3. The van der Waals surface area contributed by atoms with Crippen molar-refractivity contribution in [3.63, 3.8) is 0 Å². The van der Waals surface area contributed by atoms with Crippen LogP contribution >= 0.6 is 23.2 Å². The molecule has 0 aliphatic heterocycles. The minimum atomic E-state index is -0.592. The van der Waals surface area contributed by atoms with Gasteiger partial charge in [-0.1, -0.05) is 65.7 Å². The summed E-state index contributed by atoms with van der Waals surface area (Å²) < 4.78 is 0. The number of halogens is 2. The van der Waals surface area contributed by atoms with Crippen LogP contribution in [0.5, 0.6) is 0 Å². The summed E-state index contributed by atoms with van der Waals surface area (Å²) in [6.45, 7) is 0. The van der Waals surface area contributed by atoms with E-state index < -0.39 is 11.8 Å². The Balaban J connectivity index is 1.83. The van der Waals surface area contributed by atoms with Gasteiger partial charge in [0.2, 0.25) is 0 Å². The fourth-order valence-corrected chi connectivity index (χ4v) is 3.18. The Morgan fingerprint density at radius 1 is 0.909 bits per heavy atom. The number of nitrogens with zero attached hydrogens (tertiary/aromatic N) is 2. The maximum atomic E-state index is 12.9. The van der Waals surface area contributed by atoms with Crippen LogP contribution in [0.1, 0.15) is 21.5 Å².